The number of benzene rings is 2. The summed E-state index contributed by atoms with van der Waals surface area (Å²) in [7, 11) is -4.96. The minimum absolute atomic E-state index is 0.111. The van der Waals surface area contributed by atoms with E-state index in [4.69, 9.17) is 24.3 Å². The predicted octanol–water partition coefficient (Wildman–Crippen LogP) is 7.71. The minimum Gasteiger partial charge on any atom is -0.387 e. The zero-order chi connectivity index (χ0) is 41.5. The van der Waals surface area contributed by atoms with Crippen LogP contribution in [0.5, 0.6) is 0 Å². The van der Waals surface area contributed by atoms with Crippen molar-refractivity contribution in [2.45, 2.75) is 127 Å². The van der Waals surface area contributed by atoms with E-state index in [1.54, 1.807) is 12.1 Å². The number of halogens is 1. The van der Waals surface area contributed by atoms with Gasteiger partial charge in [0, 0.05) is 0 Å². The Morgan fingerprint density at radius 3 is 2.28 bits per heavy atom. The standard InChI is InChI=1S/C42H54FN6O8P/c1-2-3-4-5-6-7-8-9-10-11-12-13-14-30-15-17-33(18-16-30)37(54-25-32-21-31(24-44)22-34(43)23-32)26-55-58(52,53)56-28-42(27-45)40(51)38(50)39(57-42)35-19-20-36-41(46)47-29-48-49(35)36/h15-23,29,37-40,50-51H,2-14,25-26,28H2,1H3,(H,52,53)(H2,46,47,48)/t37-,38-,39-,40-,42+/m0/s1. The van der Waals surface area contributed by atoms with Gasteiger partial charge in [-0.3, -0.25) is 9.05 Å². The molecule has 0 spiro atoms. The van der Waals surface area contributed by atoms with Gasteiger partial charge in [0.1, 0.15) is 54.8 Å². The molecule has 2 aromatic carbocycles. The Balaban J connectivity index is 1.17. The average molecular weight is 821 g/mol. The zero-order valence-electron chi connectivity index (χ0n) is 32.9. The molecule has 0 saturated carbocycles. The second-order valence-corrected chi connectivity index (χ2v) is 16.3. The van der Waals surface area contributed by atoms with Crippen LogP contribution in [0, 0.1) is 28.5 Å². The third-order valence-corrected chi connectivity index (χ3v) is 11.4. The van der Waals surface area contributed by atoms with Crippen molar-refractivity contribution in [1.29, 1.82) is 10.5 Å². The van der Waals surface area contributed by atoms with Crippen LogP contribution in [0.2, 0.25) is 0 Å². The summed E-state index contributed by atoms with van der Waals surface area (Å²) in [4.78, 5) is 14.7. The van der Waals surface area contributed by atoms with Crippen LogP contribution in [0.4, 0.5) is 10.2 Å². The Kier molecular flexibility index (Phi) is 16.7. The normalized spacial score (nSPS) is 20.8. The lowest BCUT2D eigenvalue weighted by molar-refractivity contribution is -0.0762. The number of aromatic nitrogens is 3. The molecule has 16 heteroatoms. The van der Waals surface area contributed by atoms with Gasteiger partial charge < -0.3 is 30.3 Å². The number of aliphatic hydroxyl groups excluding tert-OH is 2. The molecular formula is C42H54FN6O8P. The molecule has 3 heterocycles. The summed E-state index contributed by atoms with van der Waals surface area (Å²) in [5.74, 6) is -0.461. The topological polar surface area (TPSA) is 218 Å². The highest BCUT2D eigenvalue weighted by Gasteiger charge is 2.57. The monoisotopic (exact) mass is 820 g/mol. The fraction of sp³-hybridized carbons (Fsp3) is 0.524. The van der Waals surface area contributed by atoms with Crippen molar-refractivity contribution in [2.24, 2.45) is 0 Å². The molecule has 1 saturated heterocycles. The van der Waals surface area contributed by atoms with Crippen molar-refractivity contribution < 1.29 is 42.6 Å². The number of unbranched alkanes of at least 4 members (excludes halogenated alkanes) is 11. The van der Waals surface area contributed by atoms with E-state index in [1.165, 1.54) is 93.3 Å². The molecule has 2 aromatic heterocycles. The first-order valence-electron chi connectivity index (χ1n) is 20.0. The quantitative estimate of drug-likeness (QED) is 0.0394. The fourth-order valence-electron chi connectivity index (χ4n) is 7.16. The number of nitriles is 2. The van der Waals surface area contributed by atoms with Gasteiger partial charge in [0.05, 0.1) is 30.5 Å². The number of nitrogens with zero attached hydrogens (tertiary/aromatic N) is 5. The molecule has 1 aliphatic heterocycles. The molecule has 1 aliphatic rings. The molecule has 0 amide bonds. The minimum atomic E-state index is -4.96. The number of hydrogen-bond acceptors (Lipinski definition) is 12. The molecule has 0 radical (unpaired) electrons. The van der Waals surface area contributed by atoms with Gasteiger partial charge in [-0.05, 0) is 59.9 Å². The van der Waals surface area contributed by atoms with E-state index in [0.717, 1.165) is 30.9 Å². The van der Waals surface area contributed by atoms with Crippen LogP contribution in [0.3, 0.4) is 0 Å². The molecule has 5 N–H and O–H groups in total. The van der Waals surface area contributed by atoms with E-state index in [1.807, 2.05) is 30.3 Å². The van der Waals surface area contributed by atoms with E-state index in [-0.39, 0.29) is 23.7 Å². The number of nitrogens with two attached hydrogens (primary N) is 1. The number of phosphoric acid groups is 1. The Labute approximate surface area is 339 Å². The smallest absolute Gasteiger partial charge is 0.387 e. The fourth-order valence-corrected chi connectivity index (χ4v) is 7.91. The van der Waals surface area contributed by atoms with Crippen LogP contribution in [0.15, 0.2) is 60.9 Å². The average Bonchev–Trinajstić information content (AvgIpc) is 3.76. The van der Waals surface area contributed by atoms with Gasteiger partial charge in [0.25, 0.3) is 0 Å². The summed E-state index contributed by atoms with van der Waals surface area (Å²) >= 11 is 0. The van der Waals surface area contributed by atoms with Gasteiger partial charge in [-0.25, -0.2) is 18.5 Å². The molecular weight excluding hydrogens is 766 g/mol. The summed E-state index contributed by atoms with van der Waals surface area (Å²) in [5.41, 5.74) is 6.49. The van der Waals surface area contributed by atoms with E-state index in [0.29, 0.717) is 16.6 Å². The largest absolute Gasteiger partial charge is 0.472 e. The van der Waals surface area contributed by atoms with Crippen LogP contribution >= 0.6 is 7.82 Å². The van der Waals surface area contributed by atoms with Crippen molar-refractivity contribution >= 4 is 19.2 Å². The van der Waals surface area contributed by atoms with Gasteiger partial charge in [-0.1, -0.05) is 102 Å². The van der Waals surface area contributed by atoms with Crippen molar-refractivity contribution in [1.82, 2.24) is 14.6 Å². The maximum atomic E-state index is 14.2. The number of hydrogen-bond donors (Lipinski definition) is 4. The van der Waals surface area contributed by atoms with E-state index in [9.17, 15) is 34.6 Å². The first-order valence-corrected chi connectivity index (χ1v) is 21.5. The van der Waals surface area contributed by atoms with Crippen LogP contribution < -0.4 is 5.73 Å². The highest BCUT2D eigenvalue weighted by molar-refractivity contribution is 7.47. The molecule has 312 valence electrons. The summed E-state index contributed by atoms with van der Waals surface area (Å²) in [6.07, 6.45) is 11.5. The third-order valence-electron chi connectivity index (χ3n) is 10.5. The van der Waals surface area contributed by atoms with Crippen LogP contribution in [0.1, 0.15) is 124 Å². The number of phosphoric ester groups is 1. The second-order valence-electron chi connectivity index (χ2n) is 14.9. The maximum absolute atomic E-state index is 14.2. The zero-order valence-corrected chi connectivity index (χ0v) is 33.8. The third kappa shape index (κ3) is 12.1. The molecule has 6 atom stereocenters. The van der Waals surface area contributed by atoms with Crippen molar-refractivity contribution in [3.63, 3.8) is 0 Å². The summed E-state index contributed by atoms with van der Waals surface area (Å²) in [6.45, 7) is 0.631. The van der Waals surface area contributed by atoms with Crippen molar-refractivity contribution in [3.05, 3.63) is 94.7 Å². The van der Waals surface area contributed by atoms with Crippen LogP contribution in [-0.4, -0.2) is 60.7 Å². The molecule has 58 heavy (non-hydrogen) atoms. The SMILES string of the molecule is CCCCCCCCCCCCCCc1ccc([C@H](COP(=O)(O)OC[C@@]2(C#N)O[C@@H](c3ccc4c(N)ncnn34)[C@H](O)[C@@H]2O)OCc2cc(F)cc(C#N)c2)cc1. The van der Waals surface area contributed by atoms with Crippen molar-refractivity contribution in [3.8, 4) is 12.1 Å². The molecule has 14 nitrogen and oxygen atoms in total. The first kappa shape index (κ1) is 44.8. The molecule has 1 unspecified atom stereocenters. The molecule has 1 fully saturated rings. The summed E-state index contributed by atoms with van der Waals surface area (Å²) in [6, 6.07) is 18.2. The lowest BCUT2D eigenvalue weighted by Gasteiger charge is -2.26. The number of aliphatic hydroxyl groups is 2. The Bertz CT molecular complexity index is 2060. The Hall–Kier alpha value is -4.28. The van der Waals surface area contributed by atoms with Gasteiger partial charge in [0.15, 0.2) is 5.82 Å². The lowest BCUT2D eigenvalue weighted by atomic mass is 9.96. The summed E-state index contributed by atoms with van der Waals surface area (Å²) < 4.78 is 51.2. The molecule has 5 rings (SSSR count). The molecule has 0 bridgehead atoms. The van der Waals surface area contributed by atoms with Gasteiger partial charge in [0.2, 0.25) is 5.60 Å². The first-order chi connectivity index (χ1) is 28.0. The number of anilines is 1. The number of ether oxygens (including phenoxy) is 2. The highest BCUT2D eigenvalue weighted by Crippen LogP contribution is 2.48. The highest BCUT2D eigenvalue weighted by atomic mass is 31.2. The Morgan fingerprint density at radius 2 is 1.62 bits per heavy atom. The lowest BCUT2D eigenvalue weighted by Crippen LogP contribution is -2.45. The van der Waals surface area contributed by atoms with Gasteiger partial charge >= 0.3 is 7.82 Å². The van der Waals surface area contributed by atoms with Crippen LogP contribution in [-0.2, 0) is 36.1 Å². The summed E-state index contributed by atoms with van der Waals surface area (Å²) in [5, 5.41) is 45.4. The number of aryl methyl sites for hydroxylation is 1. The number of nitrogen functional groups attached to an aromatic ring is 1. The van der Waals surface area contributed by atoms with E-state index in [2.05, 4.69) is 17.0 Å². The van der Waals surface area contributed by atoms with E-state index < -0.39 is 56.9 Å². The molecule has 4 aromatic rings. The van der Waals surface area contributed by atoms with Crippen molar-refractivity contribution in [2.75, 3.05) is 18.9 Å². The van der Waals surface area contributed by atoms with Gasteiger partial charge in [-0.15, -0.1) is 0 Å². The maximum Gasteiger partial charge on any atom is 0.472 e. The number of rotatable bonds is 24. The Morgan fingerprint density at radius 1 is 0.948 bits per heavy atom. The van der Waals surface area contributed by atoms with Gasteiger partial charge in [-0.2, -0.15) is 15.6 Å². The predicted molar refractivity (Wildman–Crippen MR) is 213 cm³/mol. The van der Waals surface area contributed by atoms with E-state index >= 15 is 0 Å². The van der Waals surface area contributed by atoms with Crippen LogP contribution in [0.25, 0.3) is 5.52 Å². The number of fused-ring (bicyclic) bond motifs is 1. The molecule has 0 aliphatic carbocycles. The second kappa shape index (κ2) is 21.6.